The second-order valence-corrected chi connectivity index (χ2v) is 7.85. The molecule has 0 saturated heterocycles. The summed E-state index contributed by atoms with van der Waals surface area (Å²) in [5, 5.41) is 0. The van der Waals surface area contributed by atoms with E-state index in [1.54, 1.807) is 0 Å². The predicted octanol–water partition coefficient (Wildman–Crippen LogP) is 4.71. The highest BCUT2D eigenvalue weighted by atomic mass is 16.2. The molecule has 0 atom stereocenters. The van der Waals surface area contributed by atoms with Crippen molar-refractivity contribution in [1.29, 1.82) is 0 Å². The van der Waals surface area contributed by atoms with Crippen LogP contribution >= 0.6 is 0 Å². The lowest BCUT2D eigenvalue weighted by atomic mass is 9.97. The van der Waals surface area contributed by atoms with Gasteiger partial charge in [-0.2, -0.15) is 0 Å². The van der Waals surface area contributed by atoms with Crippen LogP contribution in [0.15, 0.2) is 54.2 Å². The molecule has 0 N–H and O–H groups in total. The van der Waals surface area contributed by atoms with Gasteiger partial charge < -0.3 is 4.90 Å². The maximum atomic E-state index is 13.3. The van der Waals surface area contributed by atoms with E-state index in [4.69, 9.17) is 0 Å². The molecule has 1 aliphatic rings. The number of hydrogen-bond acceptors (Lipinski definition) is 3. The lowest BCUT2D eigenvalue weighted by Gasteiger charge is -2.22. The molecule has 2 aromatic carbocycles. The summed E-state index contributed by atoms with van der Waals surface area (Å²) in [5.41, 5.74) is 5.14. The smallest absolute Gasteiger partial charge is 0.277 e. The van der Waals surface area contributed by atoms with Crippen molar-refractivity contribution < 1.29 is 9.59 Å². The van der Waals surface area contributed by atoms with Crippen LogP contribution in [0.3, 0.4) is 0 Å². The number of unbranched alkanes of at least 4 members (excludes halogenated alkanes) is 2. The van der Waals surface area contributed by atoms with Crippen LogP contribution in [0.4, 0.5) is 0 Å². The maximum absolute atomic E-state index is 13.3. The Morgan fingerprint density at radius 3 is 2.31 bits per heavy atom. The zero-order chi connectivity index (χ0) is 21.0. The monoisotopic (exact) mass is 390 g/mol. The third-order valence-corrected chi connectivity index (χ3v) is 5.42. The quantitative estimate of drug-likeness (QED) is 0.484. The van der Waals surface area contributed by atoms with Crippen LogP contribution in [0, 0.1) is 13.8 Å². The van der Waals surface area contributed by atoms with Crippen LogP contribution in [0.1, 0.15) is 48.4 Å². The number of nitrogens with zero attached hydrogens (tertiary/aromatic N) is 2. The van der Waals surface area contributed by atoms with Crippen LogP contribution in [0.25, 0.3) is 5.57 Å². The number of carbonyl (C=O) groups excluding carboxylic acids is 2. The van der Waals surface area contributed by atoms with Gasteiger partial charge in [-0.3, -0.25) is 14.5 Å². The fourth-order valence-electron chi connectivity index (χ4n) is 3.91. The number of carbonyl (C=O) groups is 2. The molecule has 0 aliphatic carbocycles. The molecular weight excluding hydrogens is 360 g/mol. The molecule has 0 saturated carbocycles. The van der Waals surface area contributed by atoms with Crippen molar-refractivity contribution in [3.63, 3.8) is 0 Å². The molecule has 0 aromatic heterocycles. The Labute approximate surface area is 173 Å². The number of imide groups is 1. The Kier molecular flexibility index (Phi) is 6.53. The van der Waals surface area contributed by atoms with Crippen molar-refractivity contribution >= 4 is 17.4 Å². The second kappa shape index (κ2) is 9.08. The van der Waals surface area contributed by atoms with E-state index in [0.29, 0.717) is 24.4 Å². The predicted molar refractivity (Wildman–Crippen MR) is 117 cm³/mol. The summed E-state index contributed by atoms with van der Waals surface area (Å²) in [7, 11) is 1.90. The zero-order valence-corrected chi connectivity index (χ0v) is 17.9. The van der Waals surface area contributed by atoms with Crippen LogP contribution in [0.5, 0.6) is 0 Å². The highest BCUT2D eigenvalue weighted by molar-refractivity contribution is 6.35. The Morgan fingerprint density at radius 1 is 0.931 bits per heavy atom. The average molecular weight is 391 g/mol. The van der Waals surface area contributed by atoms with Gasteiger partial charge in [0.25, 0.3) is 11.8 Å². The highest BCUT2D eigenvalue weighted by Gasteiger charge is 2.40. The van der Waals surface area contributed by atoms with Gasteiger partial charge in [0.2, 0.25) is 0 Å². The molecule has 4 heteroatoms. The molecule has 1 aliphatic heterocycles. The third-order valence-electron chi connectivity index (χ3n) is 5.42. The van der Waals surface area contributed by atoms with Crippen molar-refractivity contribution in [3.05, 3.63) is 76.5 Å². The number of amides is 2. The first-order valence-corrected chi connectivity index (χ1v) is 10.4. The molecule has 3 rings (SSSR count). The summed E-state index contributed by atoms with van der Waals surface area (Å²) in [6.45, 7) is 7.20. The van der Waals surface area contributed by atoms with Gasteiger partial charge in [0.05, 0.1) is 5.57 Å². The lowest BCUT2D eigenvalue weighted by molar-refractivity contribution is -0.137. The fourth-order valence-corrected chi connectivity index (χ4v) is 3.91. The molecule has 1 heterocycles. The van der Waals surface area contributed by atoms with E-state index in [0.717, 1.165) is 41.5 Å². The van der Waals surface area contributed by atoms with E-state index < -0.39 is 0 Å². The Balaban J connectivity index is 2.02. The molecule has 0 spiro atoms. The summed E-state index contributed by atoms with van der Waals surface area (Å²) in [5.74, 6) is -0.354. The van der Waals surface area contributed by atoms with E-state index in [1.165, 1.54) is 4.90 Å². The van der Waals surface area contributed by atoms with Crippen molar-refractivity contribution in [2.75, 3.05) is 13.6 Å². The Morgan fingerprint density at radius 2 is 1.66 bits per heavy atom. The summed E-state index contributed by atoms with van der Waals surface area (Å²) >= 11 is 0. The van der Waals surface area contributed by atoms with E-state index >= 15 is 0 Å². The largest absolute Gasteiger partial charge is 0.365 e. The molecule has 0 unspecified atom stereocenters. The number of benzene rings is 2. The fraction of sp³-hybridized carbons (Fsp3) is 0.360. The highest BCUT2D eigenvalue weighted by Crippen LogP contribution is 2.33. The SMILES string of the molecule is CCCCCN1C(=O)C(c2ccc(C)cc2C)=C(N(C)Cc2ccccc2)C1=O. The van der Waals surface area contributed by atoms with Crippen LogP contribution in [-0.4, -0.2) is 35.2 Å². The van der Waals surface area contributed by atoms with Crippen LogP contribution < -0.4 is 0 Å². The Hall–Kier alpha value is -2.88. The minimum absolute atomic E-state index is 0.173. The minimum atomic E-state index is -0.181. The van der Waals surface area contributed by atoms with E-state index in [9.17, 15) is 9.59 Å². The molecular formula is C25H30N2O2. The van der Waals surface area contributed by atoms with Gasteiger partial charge in [0.1, 0.15) is 5.70 Å². The number of likely N-dealkylation sites (N-methyl/N-ethyl adjacent to an activating group) is 1. The minimum Gasteiger partial charge on any atom is -0.365 e. The Bertz CT molecular complexity index is 931. The topological polar surface area (TPSA) is 40.6 Å². The van der Waals surface area contributed by atoms with E-state index in [1.807, 2.05) is 68.3 Å². The molecule has 0 fully saturated rings. The van der Waals surface area contributed by atoms with E-state index in [2.05, 4.69) is 13.0 Å². The first-order chi connectivity index (χ1) is 13.9. The first-order valence-electron chi connectivity index (χ1n) is 10.4. The summed E-state index contributed by atoms with van der Waals surface area (Å²) in [4.78, 5) is 30.0. The summed E-state index contributed by atoms with van der Waals surface area (Å²) in [6, 6.07) is 16.1. The summed E-state index contributed by atoms with van der Waals surface area (Å²) < 4.78 is 0. The first kappa shape index (κ1) is 20.8. The van der Waals surface area contributed by atoms with Gasteiger partial charge in [-0.15, -0.1) is 0 Å². The molecule has 0 radical (unpaired) electrons. The van der Waals surface area contributed by atoms with Gasteiger partial charge in [-0.1, -0.05) is 73.9 Å². The normalized spacial score (nSPS) is 14.1. The van der Waals surface area contributed by atoms with Gasteiger partial charge in [-0.05, 0) is 37.0 Å². The van der Waals surface area contributed by atoms with Crippen molar-refractivity contribution in [1.82, 2.24) is 9.80 Å². The molecule has 2 aromatic rings. The summed E-state index contributed by atoms with van der Waals surface area (Å²) in [6.07, 6.45) is 2.89. The standard InChI is InChI=1S/C25H30N2O2/c1-5-6-10-15-27-24(28)22(21-14-13-18(2)16-19(21)3)23(25(27)29)26(4)17-20-11-8-7-9-12-20/h7-9,11-14,16H,5-6,10,15,17H2,1-4H3. The van der Waals surface area contributed by atoms with Gasteiger partial charge >= 0.3 is 0 Å². The van der Waals surface area contributed by atoms with Crippen LogP contribution in [0.2, 0.25) is 0 Å². The second-order valence-electron chi connectivity index (χ2n) is 7.85. The van der Waals surface area contributed by atoms with Crippen molar-refractivity contribution in [3.8, 4) is 0 Å². The molecule has 29 heavy (non-hydrogen) atoms. The number of hydrogen-bond donors (Lipinski definition) is 0. The van der Waals surface area contributed by atoms with Gasteiger partial charge in [0.15, 0.2) is 0 Å². The van der Waals surface area contributed by atoms with Gasteiger partial charge in [0, 0.05) is 20.1 Å². The van der Waals surface area contributed by atoms with Crippen molar-refractivity contribution in [2.45, 2.75) is 46.6 Å². The number of rotatable bonds is 8. The van der Waals surface area contributed by atoms with E-state index in [-0.39, 0.29) is 11.8 Å². The molecule has 4 nitrogen and oxygen atoms in total. The lowest BCUT2D eigenvalue weighted by Crippen LogP contribution is -2.34. The average Bonchev–Trinajstić information content (AvgIpc) is 2.93. The van der Waals surface area contributed by atoms with Crippen molar-refractivity contribution in [2.24, 2.45) is 0 Å². The molecule has 152 valence electrons. The number of aryl methyl sites for hydroxylation is 2. The zero-order valence-electron chi connectivity index (χ0n) is 17.9. The molecule has 2 amide bonds. The third kappa shape index (κ3) is 4.42. The maximum Gasteiger partial charge on any atom is 0.277 e. The molecule has 0 bridgehead atoms. The van der Waals surface area contributed by atoms with Gasteiger partial charge in [-0.25, -0.2) is 0 Å². The van der Waals surface area contributed by atoms with Crippen LogP contribution in [-0.2, 0) is 16.1 Å².